The zero-order valence-electron chi connectivity index (χ0n) is 14.9. The molecule has 0 spiro atoms. The molecule has 3 aromatic carbocycles. The van der Waals surface area contributed by atoms with Gasteiger partial charge < -0.3 is 15.2 Å². The van der Waals surface area contributed by atoms with Crippen LogP contribution in [0.2, 0.25) is 0 Å². The van der Waals surface area contributed by atoms with E-state index in [9.17, 15) is 18.3 Å². The fourth-order valence-electron chi connectivity index (χ4n) is 2.65. The van der Waals surface area contributed by atoms with Gasteiger partial charge in [0.2, 0.25) is 9.84 Å². The summed E-state index contributed by atoms with van der Waals surface area (Å²) in [5.74, 6) is -0.240. The van der Waals surface area contributed by atoms with E-state index < -0.39 is 21.3 Å². The minimum atomic E-state index is -4.03. The third-order valence-corrected chi connectivity index (χ3v) is 5.98. The number of benzene rings is 3. The second kappa shape index (κ2) is 8.58. The Kier molecular flexibility index (Phi) is 5.96. The number of aromatic hydroxyl groups is 1. The van der Waals surface area contributed by atoms with Gasteiger partial charge >= 0.3 is 6.09 Å². The number of carbonyl (C=O) groups excluding carboxylic acids is 1. The molecule has 0 fully saturated rings. The molecule has 1 unspecified atom stereocenters. The van der Waals surface area contributed by atoms with Gasteiger partial charge in [0.25, 0.3) is 0 Å². The summed E-state index contributed by atoms with van der Waals surface area (Å²) in [4.78, 5) is 12.3. The zero-order valence-corrected chi connectivity index (χ0v) is 15.7. The molecule has 0 saturated heterocycles. The van der Waals surface area contributed by atoms with Gasteiger partial charge in [-0.2, -0.15) is 0 Å². The summed E-state index contributed by atoms with van der Waals surface area (Å²) in [7, 11) is -4.03. The van der Waals surface area contributed by atoms with Gasteiger partial charge in [0, 0.05) is 5.56 Å². The third-order valence-electron chi connectivity index (χ3n) is 4.06. The zero-order chi connectivity index (χ0) is 20.0. The van der Waals surface area contributed by atoms with Crippen LogP contribution in [-0.4, -0.2) is 19.6 Å². The first-order chi connectivity index (χ1) is 13.5. The normalized spacial score (nSPS) is 12.1. The molecule has 2 N–H and O–H groups in total. The molecule has 0 aliphatic heterocycles. The van der Waals surface area contributed by atoms with Crippen molar-refractivity contribution < 1.29 is 23.1 Å². The summed E-state index contributed by atoms with van der Waals surface area (Å²) in [6.07, 6.45) is -0.906. The number of hydrogen-bond donors (Lipinski definition) is 2. The highest BCUT2D eigenvalue weighted by Gasteiger charge is 2.33. The average Bonchev–Trinajstić information content (AvgIpc) is 2.72. The first-order valence-electron chi connectivity index (χ1n) is 8.52. The van der Waals surface area contributed by atoms with Crippen LogP contribution in [0.4, 0.5) is 4.79 Å². The van der Waals surface area contributed by atoms with Crippen molar-refractivity contribution in [2.24, 2.45) is 0 Å². The molecule has 0 aromatic heterocycles. The molecule has 1 atom stereocenters. The first-order valence-corrected chi connectivity index (χ1v) is 10.1. The van der Waals surface area contributed by atoms with E-state index in [-0.39, 0.29) is 22.8 Å². The fourth-order valence-corrected chi connectivity index (χ4v) is 4.24. The van der Waals surface area contributed by atoms with Crippen molar-refractivity contribution in [3.05, 3.63) is 96.1 Å². The smallest absolute Gasteiger partial charge is 0.408 e. The Morgan fingerprint density at radius 3 is 2.11 bits per heavy atom. The maximum absolute atomic E-state index is 13.1. The Balaban J connectivity index is 1.87. The highest BCUT2D eigenvalue weighted by atomic mass is 32.2. The lowest BCUT2D eigenvalue weighted by atomic mass is 10.2. The highest BCUT2D eigenvalue weighted by Crippen LogP contribution is 2.32. The maximum Gasteiger partial charge on any atom is 0.408 e. The lowest BCUT2D eigenvalue weighted by Crippen LogP contribution is -2.34. The second-order valence-electron chi connectivity index (χ2n) is 6.00. The topological polar surface area (TPSA) is 92.7 Å². The number of alkyl carbamates (subject to hydrolysis) is 1. The summed E-state index contributed by atoms with van der Waals surface area (Å²) in [5, 5.41) is 11.0. The van der Waals surface area contributed by atoms with Crippen LogP contribution in [0.15, 0.2) is 89.8 Å². The fraction of sp³-hybridized carbons (Fsp3) is 0.0952. The number of phenolic OH excluding ortho intramolecular Hbond substituents is 1. The van der Waals surface area contributed by atoms with Gasteiger partial charge in [-0.1, -0.05) is 66.7 Å². The minimum Gasteiger partial charge on any atom is -0.508 e. The van der Waals surface area contributed by atoms with Crippen LogP contribution < -0.4 is 5.32 Å². The number of nitrogens with one attached hydrogen (secondary N) is 1. The van der Waals surface area contributed by atoms with Gasteiger partial charge in [-0.05, 0) is 23.8 Å². The van der Waals surface area contributed by atoms with Crippen LogP contribution in [0.5, 0.6) is 5.75 Å². The average molecular weight is 397 g/mol. The third kappa shape index (κ3) is 4.50. The molecule has 3 rings (SSSR count). The quantitative estimate of drug-likeness (QED) is 0.660. The Morgan fingerprint density at radius 1 is 0.893 bits per heavy atom. The Bertz CT molecular complexity index is 1040. The van der Waals surface area contributed by atoms with Gasteiger partial charge in [-0.3, -0.25) is 0 Å². The Hall–Kier alpha value is -3.32. The van der Waals surface area contributed by atoms with Crippen molar-refractivity contribution in [2.45, 2.75) is 16.9 Å². The highest BCUT2D eigenvalue weighted by molar-refractivity contribution is 7.91. The standard InChI is InChI=1S/C21H19NO5S/c23-19-14-8-7-13-18(19)20(28(25,26)17-11-5-2-6-12-17)22-21(24)27-15-16-9-3-1-4-10-16/h1-14,20,23H,15H2,(H,22,24). The van der Waals surface area contributed by atoms with Crippen molar-refractivity contribution in [1.82, 2.24) is 5.32 Å². The molecule has 0 radical (unpaired) electrons. The number of carbonyl (C=O) groups is 1. The predicted molar refractivity (Wildman–Crippen MR) is 104 cm³/mol. The largest absolute Gasteiger partial charge is 0.508 e. The van der Waals surface area contributed by atoms with E-state index in [0.29, 0.717) is 0 Å². The molecular weight excluding hydrogens is 378 g/mol. The lowest BCUT2D eigenvalue weighted by Gasteiger charge is -2.20. The molecule has 0 saturated carbocycles. The van der Waals surface area contributed by atoms with Crippen molar-refractivity contribution in [3.8, 4) is 5.75 Å². The first kappa shape index (κ1) is 19.4. The molecule has 0 heterocycles. The predicted octanol–water partition coefficient (Wildman–Crippen LogP) is 3.79. The van der Waals surface area contributed by atoms with E-state index in [1.54, 1.807) is 54.6 Å². The number of rotatable bonds is 6. The molecule has 0 aliphatic rings. The number of sulfone groups is 1. The van der Waals surface area contributed by atoms with E-state index in [4.69, 9.17) is 4.74 Å². The van der Waals surface area contributed by atoms with E-state index in [1.165, 1.54) is 24.3 Å². The van der Waals surface area contributed by atoms with Crippen LogP contribution in [0, 0.1) is 0 Å². The Labute approximate surface area is 163 Å². The number of ether oxygens (including phenoxy) is 1. The van der Waals surface area contributed by atoms with Crippen molar-refractivity contribution in [2.75, 3.05) is 0 Å². The number of hydrogen-bond acceptors (Lipinski definition) is 5. The molecule has 7 heteroatoms. The Morgan fingerprint density at radius 2 is 1.46 bits per heavy atom. The lowest BCUT2D eigenvalue weighted by molar-refractivity contribution is 0.138. The summed E-state index contributed by atoms with van der Waals surface area (Å²) >= 11 is 0. The molecular formula is C21H19NO5S. The van der Waals surface area contributed by atoms with Crippen LogP contribution in [0.3, 0.4) is 0 Å². The summed E-state index contributed by atoms with van der Waals surface area (Å²) in [6, 6.07) is 22.7. The van der Waals surface area contributed by atoms with E-state index in [0.717, 1.165) is 5.56 Å². The summed E-state index contributed by atoms with van der Waals surface area (Å²) in [5.41, 5.74) is 0.825. The second-order valence-corrected chi connectivity index (χ2v) is 8.04. The van der Waals surface area contributed by atoms with E-state index in [2.05, 4.69) is 5.32 Å². The molecule has 144 valence electrons. The van der Waals surface area contributed by atoms with Gasteiger partial charge in [0.15, 0.2) is 5.37 Å². The molecule has 0 bridgehead atoms. The summed E-state index contributed by atoms with van der Waals surface area (Å²) < 4.78 is 31.4. The van der Waals surface area contributed by atoms with Crippen molar-refractivity contribution in [3.63, 3.8) is 0 Å². The van der Waals surface area contributed by atoms with Gasteiger partial charge in [-0.25, -0.2) is 13.2 Å². The molecule has 28 heavy (non-hydrogen) atoms. The van der Waals surface area contributed by atoms with Gasteiger partial charge in [0.1, 0.15) is 12.4 Å². The number of phenols is 1. The van der Waals surface area contributed by atoms with Crippen LogP contribution in [0.25, 0.3) is 0 Å². The summed E-state index contributed by atoms with van der Waals surface area (Å²) in [6.45, 7) is -0.00838. The molecule has 6 nitrogen and oxygen atoms in total. The molecule has 0 aliphatic carbocycles. The SMILES string of the molecule is O=C(NC(c1ccccc1O)S(=O)(=O)c1ccccc1)OCc1ccccc1. The van der Waals surface area contributed by atoms with Gasteiger partial charge in [-0.15, -0.1) is 0 Å². The van der Waals surface area contributed by atoms with Crippen molar-refractivity contribution >= 4 is 15.9 Å². The molecule has 1 amide bonds. The van der Waals surface area contributed by atoms with E-state index in [1.807, 2.05) is 6.07 Å². The maximum atomic E-state index is 13.1. The number of para-hydroxylation sites is 1. The van der Waals surface area contributed by atoms with Crippen LogP contribution in [0.1, 0.15) is 16.5 Å². The van der Waals surface area contributed by atoms with Crippen molar-refractivity contribution in [1.29, 1.82) is 0 Å². The van der Waals surface area contributed by atoms with Crippen LogP contribution >= 0.6 is 0 Å². The molecule has 3 aromatic rings. The monoisotopic (exact) mass is 397 g/mol. The number of amides is 1. The van der Waals surface area contributed by atoms with Gasteiger partial charge in [0.05, 0.1) is 4.90 Å². The van der Waals surface area contributed by atoms with E-state index >= 15 is 0 Å². The van der Waals surface area contributed by atoms with Crippen LogP contribution in [-0.2, 0) is 21.2 Å². The minimum absolute atomic E-state index is 0.00838.